The Morgan fingerprint density at radius 1 is 1.08 bits per heavy atom. The van der Waals surface area contributed by atoms with E-state index in [4.69, 9.17) is 10.5 Å². The zero-order chi connectivity index (χ0) is 48.3. The molecule has 0 bridgehead atoms. The summed E-state index contributed by atoms with van der Waals surface area (Å²) in [6.45, 7) is 1.87. The highest BCUT2D eigenvalue weighted by Gasteiger charge is 2.47. The van der Waals surface area contributed by atoms with Crippen LogP contribution in [0.1, 0.15) is 71.9 Å². The number of ketones is 1. The van der Waals surface area contributed by atoms with Gasteiger partial charge < -0.3 is 74.1 Å². The van der Waals surface area contributed by atoms with Crippen molar-refractivity contribution >= 4 is 74.9 Å². The van der Waals surface area contributed by atoms with Gasteiger partial charge in [-0.25, -0.2) is 19.3 Å². The SMILES string of the molecule is CC/C=C\C[C@H]1C(=O)CC[C@@H]1C[C@H](O)CC(=O)SCCNC(=O)CCNC(=O)[C@H](O)C(C)(C)COP(=O)([O-])OP(=O)([O-])OC[C@H]1O[C@@H](n2cnc3c(N)ncnc32)[C@H](O)[C@@H]1OP(=O)([O-])[O-]. The molecule has 1 saturated carbocycles. The molecule has 1 saturated heterocycles. The lowest BCUT2D eigenvalue weighted by Gasteiger charge is -2.36. The second kappa shape index (κ2) is 23.8. The van der Waals surface area contributed by atoms with Crippen molar-refractivity contribution in [3.05, 3.63) is 24.8 Å². The summed E-state index contributed by atoms with van der Waals surface area (Å²) in [4.78, 5) is 109. The van der Waals surface area contributed by atoms with E-state index in [-0.39, 0.29) is 71.4 Å². The number of rotatable bonds is 26. The smallest absolute Gasteiger partial charge is 0.274 e. The molecular formula is C35H52N7O19P3S-4. The number of aliphatic hydroxyl groups excluding tert-OH is 3. The number of nitrogen functional groups attached to an aromatic ring is 1. The topological polar surface area (TPSA) is 412 Å². The van der Waals surface area contributed by atoms with Crippen LogP contribution in [0.15, 0.2) is 24.8 Å². The third-order valence-electron chi connectivity index (χ3n) is 10.3. The average Bonchev–Trinajstić information content (AvgIpc) is 3.88. The van der Waals surface area contributed by atoms with Crippen molar-refractivity contribution in [3.63, 3.8) is 0 Å². The fraction of sp³-hybridized carbons (Fsp3) is 0.686. The number of hydrogen-bond donors (Lipinski definition) is 6. The highest BCUT2D eigenvalue weighted by Crippen LogP contribution is 2.56. The first-order chi connectivity index (χ1) is 30.3. The van der Waals surface area contributed by atoms with Gasteiger partial charge in [-0.1, -0.05) is 44.7 Å². The molecule has 1 aliphatic carbocycles. The molecule has 2 aromatic heterocycles. The van der Waals surface area contributed by atoms with Crippen LogP contribution in [0, 0.1) is 17.3 Å². The number of aliphatic hydroxyl groups is 3. The van der Waals surface area contributed by atoms with Crippen molar-refractivity contribution in [2.24, 2.45) is 17.3 Å². The monoisotopic (exact) mass is 999 g/mol. The largest absolute Gasteiger partial charge is 0.790 e. The zero-order valence-electron chi connectivity index (χ0n) is 35.4. The Labute approximate surface area is 376 Å². The summed E-state index contributed by atoms with van der Waals surface area (Å²) in [6.07, 6.45) is -1.84. The molecule has 26 nitrogen and oxygen atoms in total. The van der Waals surface area contributed by atoms with E-state index >= 15 is 0 Å². The predicted octanol–water partition coefficient (Wildman–Crippen LogP) is -1.77. The molecule has 1 aliphatic heterocycles. The Morgan fingerprint density at radius 2 is 1.78 bits per heavy atom. The number of imidazole rings is 1. The highest BCUT2D eigenvalue weighted by atomic mass is 32.2. The number of aromatic nitrogens is 4. The van der Waals surface area contributed by atoms with E-state index in [0.717, 1.165) is 35.4 Å². The van der Waals surface area contributed by atoms with E-state index in [1.165, 1.54) is 13.8 Å². The molecule has 4 rings (SSSR count). The third-order valence-corrected chi connectivity index (χ3v) is 14.2. The van der Waals surface area contributed by atoms with Crippen LogP contribution in [0.5, 0.6) is 0 Å². The fourth-order valence-electron chi connectivity index (χ4n) is 6.95. The van der Waals surface area contributed by atoms with Crippen molar-refractivity contribution in [2.75, 3.05) is 37.8 Å². The van der Waals surface area contributed by atoms with Gasteiger partial charge in [0.2, 0.25) is 11.8 Å². The summed E-state index contributed by atoms with van der Waals surface area (Å²) in [7, 11) is -17.7. The quantitative estimate of drug-likeness (QED) is 0.0345. The van der Waals surface area contributed by atoms with Crippen LogP contribution in [0.2, 0.25) is 0 Å². The summed E-state index contributed by atoms with van der Waals surface area (Å²) >= 11 is 0.925. The number of ether oxygens (including phenoxy) is 1. The van der Waals surface area contributed by atoms with Crippen molar-refractivity contribution in [3.8, 4) is 0 Å². The van der Waals surface area contributed by atoms with Gasteiger partial charge in [0.1, 0.15) is 42.0 Å². The summed E-state index contributed by atoms with van der Waals surface area (Å²) in [5, 5.41) is 36.5. The van der Waals surface area contributed by atoms with E-state index < -0.39 is 90.7 Å². The molecule has 3 heterocycles. The number of fused-ring (bicyclic) bond motifs is 1. The highest BCUT2D eigenvalue weighted by molar-refractivity contribution is 8.13. The molecule has 2 unspecified atom stereocenters. The van der Waals surface area contributed by atoms with Gasteiger partial charge in [-0.15, -0.1) is 0 Å². The number of anilines is 1. The number of nitrogens with one attached hydrogen (secondary N) is 2. The van der Waals surface area contributed by atoms with Crippen LogP contribution < -0.4 is 35.9 Å². The van der Waals surface area contributed by atoms with Crippen LogP contribution in [-0.4, -0.2) is 120 Å². The van der Waals surface area contributed by atoms with E-state index in [1.807, 2.05) is 19.1 Å². The summed E-state index contributed by atoms with van der Waals surface area (Å²) in [6, 6.07) is 0. The van der Waals surface area contributed by atoms with Crippen LogP contribution in [-0.2, 0) is 55.5 Å². The Morgan fingerprint density at radius 3 is 2.48 bits per heavy atom. The van der Waals surface area contributed by atoms with Gasteiger partial charge in [0.25, 0.3) is 15.6 Å². The van der Waals surface area contributed by atoms with Crippen LogP contribution in [0.3, 0.4) is 0 Å². The van der Waals surface area contributed by atoms with Crippen LogP contribution in [0.25, 0.3) is 11.2 Å². The van der Waals surface area contributed by atoms with Gasteiger partial charge in [-0.2, -0.15) is 0 Å². The summed E-state index contributed by atoms with van der Waals surface area (Å²) in [5.41, 5.74) is 4.03. The van der Waals surface area contributed by atoms with Gasteiger partial charge in [-0.3, -0.25) is 32.9 Å². The zero-order valence-corrected chi connectivity index (χ0v) is 38.9. The molecule has 2 aliphatic rings. The van der Waals surface area contributed by atoms with E-state index in [1.54, 1.807) is 0 Å². The lowest BCUT2D eigenvalue weighted by atomic mass is 9.87. The minimum absolute atomic E-state index is 0.00630. The second-order valence-electron chi connectivity index (χ2n) is 15.8. The normalized spacial score (nSPS) is 24.5. The summed E-state index contributed by atoms with van der Waals surface area (Å²) in [5.74, 6) is -1.43. The molecule has 0 spiro atoms. The van der Waals surface area contributed by atoms with E-state index in [2.05, 4.69) is 43.5 Å². The number of nitrogens with zero attached hydrogens (tertiary/aromatic N) is 4. The predicted molar refractivity (Wildman–Crippen MR) is 219 cm³/mol. The number of phosphoric acid groups is 3. The number of thioether (sulfide) groups is 1. The minimum Gasteiger partial charge on any atom is -0.790 e. The number of hydrogen-bond acceptors (Lipinski definition) is 24. The number of allylic oxidation sites excluding steroid dienone is 2. The minimum atomic E-state index is -5.94. The number of phosphoric ester groups is 3. The van der Waals surface area contributed by atoms with E-state index in [9.17, 15) is 67.8 Å². The van der Waals surface area contributed by atoms with Gasteiger partial charge in [-0.05, 0) is 31.6 Å². The third kappa shape index (κ3) is 16.6. The van der Waals surface area contributed by atoms with Crippen LogP contribution >= 0.6 is 35.2 Å². The Balaban J connectivity index is 1.16. The average molecular weight is 1000 g/mol. The summed E-state index contributed by atoms with van der Waals surface area (Å²) < 4.78 is 60.7. The lowest BCUT2D eigenvalue weighted by Crippen LogP contribution is -2.46. The van der Waals surface area contributed by atoms with Gasteiger partial charge in [0.05, 0.1) is 33.5 Å². The van der Waals surface area contributed by atoms with Gasteiger partial charge >= 0.3 is 0 Å². The van der Waals surface area contributed by atoms with Crippen molar-refractivity contribution in [1.82, 2.24) is 30.2 Å². The number of nitrogens with two attached hydrogens (primary N) is 1. The first kappa shape index (κ1) is 54.5. The molecule has 30 heteroatoms. The molecule has 2 amide bonds. The van der Waals surface area contributed by atoms with E-state index in [0.29, 0.717) is 25.7 Å². The Kier molecular flexibility index (Phi) is 20.0. The maximum atomic E-state index is 12.6. The number of carbonyl (C=O) groups excluding carboxylic acids is 4. The maximum absolute atomic E-state index is 12.6. The number of Topliss-reactive ketones (excluding diaryl/α,β-unsaturated/α-hetero) is 1. The number of amides is 2. The molecule has 0 aromatic carbocycles. The first-order valence-electron chi connectivity index (χ1n) is 20.2. The lowest BCUT2D eigenvalue weighted by molar-refractivity contribution is -0.347. The second-order valence-corrected chi connectivity index (χ2v) is 21.0. The molecule has 65 heavy (non-hydrogen) atoms. The standard InChI is InChI=1S/C35H56N7O19P3S/c1-4-5-6-7-22-20(8-9-23(22)44)14-21(43)15-26(46)65-13-12-37-25(45)10-11-38-33(49)30(48)35(2,3)17-58-64(55,56)61-63(53,54)57-16-24-29(60-62(50,51)52)28(47)34(59-24)42-19-41-27-31(36)39-18-40-32(27)42/h5-6,18-22,24,28-30,34,43,47-48H,4,7-17H2,1-3H3,(H,37,45)(H,38,49)(H,53,54)(H,55,56)(H2,36,39,40)(H2,50,51,52)/p-4/b6-5-/t20-,21+,22-,24-,28-,29-,30+,34-/m1/s1. The molecule has 366 valence electrons. The molecule has 2 fully saturated rings. The maximum Gasteiger partial charge on any atom is 0.274 e. The molecular weight excluding hydrogens is 947 g/mol. The Hall–Kier alpha value is -3.07. The molecule has 2 aromatic rings. The van der Waals surface area contributed by atoms with Crippen molar-refractivity contribution in [1.29, 1.82) is 0 Å². The number of carbonyl (C=O) groups is 4. The van der Waals surface area contributed by atoms with Gasteiger partial charge in [0, 0.05) is 49.4 Å². The molecule has 0 radical (unpaired) electrons. The fourth-order valence-corrected chi connectivity index (χ4v) is 10.4. The molecule has 10 atom stereocenters. The van der Waals surface area contributed by atoms with Crippen LogP contribution in [0.4, 0.5) is 5.82 Å². The Bertz CT molecular complexity index is 2160. The molecule has 7 N–H and O–H groups in total. The van der Waals surface area contributed by atoms with Crippen molar-refractivity contribution in [2.45, 2.75) is 102 Å². The first-order valence-corrected chi connectivity index (χ1v) is 25.5. The van der Waals surface area contributed by atoms with Gasteiger partial charge in [0.15, 0.2) is 22.8 Å². The van der Waals surface area contributed by atoms with Crippen molar-refractivity contribution < 1.29 is 90.4 Å².